The molecule has 0 atom stereocenters. The summed E-state index contributed by atoms with van der Waals surface area (Å²) in [5.41, 5.74) is 0.190. The van der Waals surface area contributed by atoms with Crippen molar-refractivity contribution in [1.29, 1.82) is 0 Å². The molecule has 104 valence electrons. The van der Waals surface area contributed by atoms with E-state index in [2.05, 4.69) is 4.98 Å². The zero-order valence-electron chi connectivity index (χ0n) is 11.2. The summed E-state index contributed by atoms with van der Waals surface area (Å²) in [6, 6.07) is 0. The number of aromatic nitrogens is 4. The van der Waals surface area contributed by atoms with Gasteiger partial charge in [0.1, 0.15) is 0 Å². The lowest BCUT2D eigenvalue weighted by molar-refractivity contribution is 0.281. The van der Waals surface area contributed by atoms with Crippen molar-refractivity contribution in [3.8, 4) is 0 Å². The van der Waals surface area contributed by atoms with Gasteiger partial charge in [-0.25, -0.2) is 9.78 Å². The summed E-state index contributed by atoms with van der Waals surface area (Å²) < 4.78 is 4.26. The highest BCUT2D eigenvalue weighted by Gasteiger charge is 2.14. The Labute approximate surface area is 109 Å². The summed E-state index contributed by atoms with van der Waals surface area (Å²) in [4.78, 5) is 28.5. The van der Waals surface area contributed by atoms with Crippen LogP contribution in [0.3, 0.4) is 0 Å². The summed E-state index contributed by atoms with van der Waals surface area (Å²) >= 11 is 0. The van der Waals surface area contributed by atoms with Gasteiger partial charge >= 0.3 is 5.69 Å². The molecule has 0 aliphatic carbocycles. The van der Waals surface area contributed by atoms with Crippen molar-refractivity contribution in [3.63, 3.8) is 0 Å². The van der Waals surface area contributed by atoms with Gasteiger partial charge in [0.15, 0.2) is 11.2 Å². The molecule has 0 bridgehead atoms. The minimum absolute atomic E-state index is 0.133. The van der Waals surface area contributed by atoms with Crippen molar-refractivity contribution in [2.45, 2.75) is 25.8 Å². The lowest BCUT2D eigenvalue weighted by Crippen LogP contribution is -2.39. The number of nitrogens with zero attached hydrogens (tertiary/aromatic N) is 4. The van der Waals surface area contributed by atoms with Gasteiger partial charge in [-0.3, -0.25) is 13.9 Å². The van der Waals surface area contributed by atoms with Gasteiger partial charge in [0.25, 0.3) is 5.56 Å². The van der Waals surface area contributed by atoms with Crippen LogP contribution in [0.25, 0.3) is 11.2 Å². The van der Waals surface area contributed by atoms with Crippen molar-refractivity contribution in [3.05, 3.63) is 27.2 Å². The SMILES string of the molecule is Cn1cnc2c1c(=O)n(CCCCCO)c(=O)n2C. The summed E-state index contributed by atoms with van der Waals surface area (Å²) in [6.45, 7) is 0.500. The third-order valence-electron chi connectivity index (χ3n) is 3.24. The second-order valence-electron chi connectivity index (χ2n) is 4.61. The van der Waals surface area contributed by atoms with E-state index >= 15 is 0 Å². The number of fused-ring (bicyclic) bond motifs is 1. The Kier molecular flexibility index (Phi) is 3.84. The number of aliphatic hydroxyl groups excluding tert-OH is 1. The van der Waals surface area contributed by atoms with E-state index in [1.807, 2.05) is 0 Å². The van der Waals surface area contributed by atoms with E-state index in [1.54, 1.807) is 18.7 Å². The monoisotopic (exact) mass is 266 g/mol. The Morgan fingerprint density at radius 1 is 1.21 bits per heavy atom. The highest BCUT2D eigenvalue weighted by atomic mass is 16.3. The molecule has 2 heterocycles. The smallest absolute Gasteiger partial charge is 0.332 e. The Balaban J connectivity index is 2.46. The highest BCUT2D eigenvalue weighted by Crippen LogP contribution is 2.03. The van der Waals surface area contributed by atoms with Crippen LogP contribution in [-0.4, -0.2) is 30.4 Å². The fraction of sp³-hybridized carbons (Fsp3) is 0.583. The molecular weight excluding hydrogens is 248 g/mol. The third-order valence-corrected chi connectivity index (χ3v) is 3.24. The van der Waals surface area contributed by atoms with Crippen LogP contribution in [-0.2, 0) is 20.6 Å². The quantitative estimate of drug-likeness (QED) is 0.746. The average Bonchev–Trinajstić information content (AvgIpc) is 2.77. The van der Waals surface area contributed by atoms with Gasteiger partial charge in [-0.15, -0.1) is 0 Å². The molecule has 0 radical (unpaired) electrons. The van der Waals surface area contributed by atoms with E-state index in [4.69, 9.17) is 5.11 Å². The molecule has 0 fully saturated rings. The topological polar surface area (TPSA) is 82.1 Å². The fourth-order valence-corrected chi connectivity index (χ4v) is 2.15. The van der Waals surface area contributed by atoms with E-state index in [0.717, 1.165) is 6.42 Å². The van der Waals surface area contributed by atoms with Crippen LogP contribution >= 0.6 is 0 Å². The van der Waals surface area contributed by atoms with Crippen molar-refractivity contribution >= 4 is 11.2 Å². The van der Waals surface area contributed by atoms with Gasteiger partial charge in [0.2, 0.25) is 0 Å². The van der Waals surface area contributed by atoms with Crippen LogP contribution in [0.2, 0.25) is 0 Å². The lowest BCUT2D eigenvalue weighted by Gasteiger charge is -2.08. The summed E-state index contributed by atoms with van der Waals surface area (Å²) in [6.07, 6.45) is 3.69. The number of unbranched alkanes of at least 4 members (excludes halogenated alkanes) is 2. The van der Waals surface area contributed by atoms with Gasteiger partial charge in [0, 0.05) is 27.2 Å². The molecule has 2 aromatic rings. The zero-order valence-corrected chi connectivity index (χ0v) is 11.2. The molecule has 0 amide bonds. The van der Waals surface area contributed by atoms with Crippen molar-refractivity contribution in [2.75, 3.05) is 6.61 Å². The summed E-state index contributed by atoms with van der Waals surface area (Å²) in [7, 11) is 3.35. The number of rotatable bonds is 5. The molecule has 0 spiro atoms. The second-order valence-corrected chi connectivity index (χ2v) is 4.61. The largest absolute Gasteiger partial charge is 0.396 e. The first-order chi connectivity index (χ1) is 9.07. The van der Waals surface area contributed by atoms with Crippen LogP contribution in [0.4, 0.5) is 0 Å². The Hall–Kier alpha value is -1.89. The molecule has 7 nitrogen and oxygen atoms in total. The van der Waals surface area contributed by atoms with Gasteiger partial charge in [-0.2, -0.15) is 0 Å². The highest BCUT2D eigenvalue weighted by molar-refractivity contribution is 5.69. The molecule has 2 aromatic heterocycles. The van der Waals surface area contributed by atoms with E-state index < -0.39 is 0 Å². The standard InChI is InChI=1S/C12H18N4O3/c1-14-8-13-10-9(14)11(18)16(12(19)15(10)2)6-4-3-5-7-17/h8,17H,3-7H2,1-2H3. The molecule has 1 N–H and O–H groups in total. The Morgan fingerprint density at radius 3 is 2.63 bits per heavy atom. The summed E-state index contributed by atoms with van der Waals surface area (Å²) in [5.74, 6) is 0. The number of aliphatic hydroxyl groups is 1. The first kappa shape index (κ1) is 13.5. The number of hydrogen-bond donors (Lipinski definition) is 1. The number of hydrogen-bond acceptors (Lipinski definition) is 4. The minimum Gasteiger partial charge on any atom is -0.396 e. The predicted octanol–water partition coefficient (Wildman–Crippen LogP) is -0.404. The molecule has 0 aliphatic rings. The Bertz CT molecular complexity index is 695. The van der Waals surface area contributed by atoms with Gasteiger partial charge in [-0.05, 0) is 19.3 Å². The average molecular weight is 266 g/mol. The van der Waals surface area contributed by atoms with Crippen LogP contribution in [0, 0.1) is 0 Å². The predicted molar refractivity (Wildman–Crippen MR) is 71.2 cm³/mol. The van der Waals surface area contributed by atoms with Gasteiger partial charge in [-0.1, -0.05) is 0 Å². The van der Waals surface area contributed by atoms with Crippen LogP contribution in [0.15, 0.2) is 15.9 Å². The fourth-order valence-electron chi connectivity index (χ4n) is 2.15. The van der Waals surface area contributed by atoms with Crippen LogP contribution in [0.5, 0.6) is 0 Å². The molecule has 19 heavy (non-hydrogen) atoms. The van der Waals surface area contributed by atoms with Crippen LogP contribution in [0.1, 0.15) is 19.3 Å². The first-order valence-corrected chi connectivity index (χ1v) is 6.29. The Morgan fingerprint density at radius 2 is 1.95 bits per heavy atom. The second kappa shape index (κ2) is 5.40. The minimum atomic E-state index is -0.347. The third kappa shape index (κ3) is 2.33. The molecule has 0 saturated carbocycles. The van der Waals surface area contributed by atoms with Gasteiger partial charge < -0.3 is 9.67 Å². The maximum absolute atomic E-state index is 12.3. The molecule has 0 unspecified atom stereocenters. The van der Waals surface area contributed by atoms with E-state index in [-0.39, 0.29) is 17.9 Å². The maximum atomic E-state index is 12.3. The molecule has 2 rings (SSSR count). The van der Waals surface area contributed by atoms with Crippen LogP contribution < -0.4 is 11.2 Å². The van der Waals surface area contributed by atoms with E-state index in [9.17, 15) is 9.59 Å². The van der Waals surface area contributed by atoms with Crippen molar-refractivity contribution in [2.24, 2.45) is 14.1 Å². The molecule has 7 heteroatoms. The molecule has 0 aliphatic heterocycles. The maximum Gasteiger partial charge on any atom is 0.332 e. The van der Waals surface area contributed by atoms with Gasteiger partial charge in [0.05, 0.1) is 6.33 Å². The number of aryl methyl sites for hydroxylation is 2. The molecule has 0 aromatic carbocycles. The summed E-state index contributed by atoms with van der Waals surface area (Å²) in [5, 5.41) is 8.72. The van der Waals surface area contributed by atoms with Crippen molar-refractivity contribution in [1.82, 2.24) is 18.7 Å². The molecular formula is C12H18N4O3. The van der Waals surface area contributed by atoms with E-state index in [0.29, 0.717) is 30.6 Å². The zero-order chi connectivity index (χ0) is 14.0. The number of imidazole rings is 1. The first-order valence-electron chi connectivity index (χ1n) is 6.29. The lowest BCUT2D eigenvalue weighted by atomic mass is 10.2. The van der Waals surface area contributed by atoms with E-state index in [1.165, 1.54) is 15.5 Å². The van der Waals surface area contributed by atoms with Crippen molar-refractivity contribution < 1.29 is 5.11 Å². The normalized spacial score (nSPS) is 11.3. The molecule has 0 saturated heterocycles.